The molecule has 0 saturated carbocycles. The summed E-state index contributed by atoms with van der Waals surface area (Å²) in [6.07, 6.45) is 4.98. The Kier molecular flexibility index (Phi) is 2.19. The second-order valence-electron chi connectivity index (χ2n) is 3.70. The van der Waals surface area contributed by atoms with Gasteiger partial charge in [-0.2, -0.15) is 0 Å². The fourth-order valence-corrected chi connectivity index (χ4v) is 1.78. The van der Waals surface area contributed by atoms with E-state index >= 15 is 0 Å². The van der Waals surface area contributed by atoms with E-state index in [1.165, 1.54) is 0 Å². The molecule has 0 bridgehead atoms. The number of hydrogen-bond donors (Lipinski definition) is 1. The lowest BCUT2D eigenvalue weighted by Gasteiger charge is -2.04. The van der Waals surface area contributed by atoms with Crippen LogP contribution < -0.4 is 5.73 Å². The van der Waals surface area contributed by atoms with Gasteiger partial charge in [-0.3, -0.25) is 9.97 Å². The normalized spacial score (nSPS) is 10.6. The summed E-state index contributed by atoms with van der Waals surface area (Å²) in [7, 11) is 0. The number of fused-ring (bicyclic) bond motifs is 1. The first-order chi connectivity index (χ1) is 8.34. The minimum Gasteiger partial charge on any atom is -0.382 e. The van der Waals surface area contributed by atoms with Gasteiger partial charge in [-0.25, -0.2) is 4.98 Å². The third-order valence-electron chi connectivity index (χ3n) is 2.61. The number of nitrogen functional groups attached to an aromatic ring is 1. The molecule has 82 valence electrons. The van der Waals surface area contributed by atoms with Gasteiger partial charge in [-0.1, -0.05) is 18.2 Å². The number of pyridine rings is 1. The fourth-order valence-electron chi connectivity index (χ4n) is 1.78. The summed E-state index contributed by atoms with van der Waals surface area (Å²) in [5.41, 5.74) is 8.36. The fraction of sp³-hybridized carbons (Fsp3) is 0. The van der Waals surface area contributed by atoms with E-state index in [0.717, 1.165) is 16.5 Å². The molecule has 3 aromatic rings. The average molecular weight is 222 g/mol. The molecule has 2 aromatic heterocycles. The van der Waals surface area contributed by atoms with Crippen molar-refractivity contribution in [2.24, 2.45) is 0 Å². The number of benzene rings is 1. The molecule has 4 heteroatoms. The summed E-state index contributed by atoms with van der Waals surface area (Å²) in [6, 6.07) is 9.89. The van der Waals surface area contributed by atoms with E-state index < -0.39 is 0 Å². The molecule has 17 heavy (non-hydrogen) atoms. The van der Waals surface area contributed by atoms with Crippen molar-refractivity contribution in [2.45, 2.75) is 0 Å². The van der Waals surface area contributed by atoms with Gasteiger partial charge >= 0.3 is 0 Å². The number of aromatic nitrogens is 3. The van der Waals surface area contributed by atoms with Gasteiger partial charge in [0.1, 0.15) is 11.5 Å². The van der Waals surface area contributed by atoms with Gasteiger partial charge in [0.05, 0.1) is 5.52 Å². The Morgan fingerprint density at radius 2 is 1.76 bits per heavy atom. The van der Waals surface area contributed by atoms with E-state index in [1.54, 1.807) is 18.6 Å². The lowest BCUT2D eigenvalue weighted by Crippen LogP contribution is -1.95. The van der Waals surface area contributed by atoms with Crippen LogP contribution in [0.2, 0.25) is 0 Å². The molecule has 3 rings (SSSR count). The van der Waals surface area contributed by atoms with Crippen LogP contribution in [0.25, 0.3) is 22.2 Å². The van der Waals surface area contributed by atoms with Crippen molar-refractivity contribution < 1.29 is 0 Å². The Morgan fingerprint density at radius 3 is 2.65 bits per heavy atom. The van der Waals surface area contributed by atoms with E-state index in [9.17, 15) is 0 Å². The van der Waals surface area contributed by atoms with Crippen LogP contribution in [0.4, 0.5) is 5.82 Å². The number of rotatable bonds is 1. The minimum atomic E-state index is 0.433. The molecule has 4 nitrogen and oxygen atoms in total. The van der Waals surface area contributed by atoms with Gasteiger partial charge in [0.25, 0.3) is 0 Å². The van der Waals surface area contributed by atoms with Crippen LogP contribution in [0.3, 0.4) is 0 Å². The summed E-state index contributed by atoms with van der Waals surface area (Å²) >= 11 is 0. The van der Waals surface area contributed by atoms with Crippen molar-refractivity contribution in [3.8, 4) is 11.3 Å². The highest BCUT2D eigenvalue weighted by Gasteiger charge is 2.05. The topological polar surface area (TPSA) is 64.7 Å². The predicted molar refractivity (Wildman–Crippen MR) is 67.2 cm³/mol. The van der Waals surface area contributed by atoms with Crippen molar-refractivity contribution in [3.05, 3.63) is 48.9 Å². The lowest BCUT2D eigenvalue weighted by molar-refractivity contribution is 1.22. The summed E-state index contributed by atoms with van der Waals surface area (Å²) in [4.78, 5) is 12.6. The van der Waals surface area contributed by atoms with E-state index in [-0.39, 0.29) is 0 Å². The molecule has 0 unspecified atom stereocenters. The molecule has 1 aromatic carbocycles. The third kappa shape index (κ3) is 1.69. The molecule has 2 heterocycles. The Bertz CT molecular complexity index is 679. The van der Waals surface area contributed by atoms with Crippen LogP contribution in [-0.4, -0.2) is 15.0 Å². The van der Waals surface area contributed by atoms with Crippen molar-refractivity contribution in [2.75, 3.05) is 5.73 Å². The number of nitrogens with zero attached hydrogens (tertiary/aromatic N) is 3. The maximum Gasteiger partial charge on any atom is 0.149 e. The molecule has 2 N–H and O–H groups in total. The highest BCUT2D eigenvalue weighted by atomic mass is 14.9. The highest BCUT2D eigenvalue weighted by Crippen LogP contribution is 2.24. The van der Waals surface area contributed by atoms with Crippen LogP contribution in [-0.2, 0) is 0 Å². The van der Waals surface area contributed by atoms with Gasteiger partial charge in [0.15, 0.2) is 0 Å². The maximum absolute atomic E-state index is 5.80. The predicted octanol–water partition coefficient (Wildman–Crippen LogP) is 2.27. The second kappa shape index (κ2) is 3.83. The van der Waals surface area contributed by atoms with E-state index in [0.29, 0.717) is 11.5 Å². The Balaban J connectivity index is 2.22. The van der Waals surface area contributed by atoms with Crippen LogP contribution in [0.5, 0.6) is 0 Å². The van der Waals surface area contributed by atoms with Crippen molar-refractivity contribution in [1.29, 1.82) is 0 Å². The Hall–Kier alpha value is -2.49. The zero-order valence-corrected chi connectivity index (χ0v) is 9.04. The Labute approximate surface area is 98.2 Å². The summed E-state index contributed by atoms with van der Waals surface area (Å²) in [6.45, 7) is 0. The maximum atomic E-state index is 5.80. The van der Waals surface area contributed by atoms with Crippen molar-refractivity contribution in [1.82, 2.24) is 15.0 Å². The molecular weight excluding hydrogens is 212 g/mol. The van der Waals surface area contributed by atoms with Gasteiger partial charge in [-0.15, -0.1) is 0 Å². The number of anilines is 1. The molecule has 0 saturated heterocycles. The van der Waals surface area contributed by atoms with E-state index in [4.69, 9.17) is 5.73 Å². The first-order valence-corrected chi connectivity index (χ1v) is 5.26. The smallest absolute Gasteiger partial charge is 0.149 e. The quantitative estimate of drug-likeness (QED) is 0.686. The van der Waals surface area contributed by atoms with Gasteiger partial charge < -0.3 is 5.73 Å². The molecule has 0 aliphatic heterocycles. The lowest BCUT2D eigenvalue weighted by atomic mass is 10.1. The zero-order valence-electron chi connectivity index (χ0n) is 9.04. The summed E-state index contributed by atoms with van der Waals surface area (Å²) in [5, 5.41) is 1.10. The van der Waals surface area contributed by atoms with E-state index in [2.05, 4.69) is 15.0 Å². The van der Waals surface area contributed by atoms with Gasteiger partial charge in [0.2, 0.25) is 0 Å². The van der Waals surface area contributed by atoms with Crippen LogP contribution in [0.15, 0.2) is 48.9 Å². The monoisotopic (exact) mass is 222 g/mol. The molecule has 0 amide bonds. The highest BCUT2D eigenvalue weighted by molar-refractivity contribution is 5.84. The number of nitrogens with two attached hydrogens (primary N) is 1. The van der Waals surface area contributed by atoms with Crippen LogP contribution in [0.1, 0.15) is 0 Å². The first-order valence-electron chi connectivity index (χ1n) is 5.26. The molecule has 0 aliphatic rings. The van der Waals surface area contributed by atoms with Gasteiger partial charge in [0, 0.05) is 29.5 Å². The molecule has 0 fully saturated rings. The zero-order chi connectivity index (χ0) is 11.7. The third-order valence-corrected chi connectivity index (χ3v) is 2.61. The second-order valence-corrected chi connectivity index (χ2v) is 3.70. The SMILES string of the molecule is Nc1nccnc1-c1ccc2cccnc2c1. The van der Waals surface area contributed by atoms with Crippen molar-refractivity contribution >= 4 is 16.7 Å². The molecular formula is C13H10N4. The standard InChI is InChI=1S/C13H10N4/c14-13-12(16-6-7-17-13)10-4-3-9-2-1-5-15-11(9)8-10/h1-8H,(H2,14,17). The average Bonchev–Trinajstić information content (AvgIpc) is 2.39. The summed E-state index contributed by atoms with van der Waals surface area (Å²) < 4.78 is 0. The van der Waals surface area contributed by atoms with E-state index in [1.807, 2.05) is 30.3 Å². The van der Waals surface area contributed by atoms with Crippen LogP contribution >= 0.6 is 0 Å². The van der Waals surface area contributed by atoms with Crippen LogP contribution in [0, 0.1) is 0 Å². The van der Waals surface area contributed by atoms with Crippen molar-refractivity contribution in [3.63, 3.8) is 0 Å². The Morgan fingerprint density at radius 1 is 0.882 bits per heavy atom. The molecule has 0 atom stereocenters. The number of hydrogen-bond acceptors (Lipinski definition) is 4. The molecule has 0 radical (unpaired) electrons. The largest absolute Gasteiger partial charge is 0.382 e. The molecule has 0 spiro atoms. The minimum absolute atomic E-state index is 0.433. The molecule has 0 aliphatic carbocycles. The first kappa shape index (κ1) is 9.72. The summed E-state index contributed by atoms with van der Waals surface area (Å²) in [5.74, 6) is 0.433. The van der Waals surface area contributed by atoms with Gasteiger partial charge in [-0.05, 0) is 12.1 Å².